The van der Waals surface area contributed by atoms with Gasteiger partial charge in [0.05, 0.1) is 7.11 Å². The summed E-state index contributed by atoms with van der Waals surface area (Å²) in [7, 11) is 1.71. The van der Waals surface area contributed by atoms with Crippen LogP contribution >= 0.6 is 0 Å². The SMILES string of the molecule is COc1cccc(N2CCCCCC2)c1CN. The van der Waals surface area contributed by atoms with E-state index in [-0.39, 0.29) is 0 Å². The molecule has 2 N–H and O–H groups in total. The van der Waals surface area contributed by atoms with E-state index in [0.29, 0.717) is 6.54 Å². The van der Waals surface area contributed by atoms with E-state index in [1.807, 2.05) is 6.07 Å². The summed E-state index contributed by atoms with van der Waals surface area (Å²) in [6, 6.07) is 6.21. The second-order valence-electron chi connectivity index (χ2n) is 4.56. The molecule has 1 heterocycles. The normalized spacial score (nSPS) is 16.7. The largest absolute Gasteiger partial charge is 0.496 e. The Morgan fingerprint density at radius 2 is 1.88 bits per heavy atom. The zero-order valence-electron chi connectivity index (χ0n) is 10.6. The highest BCUT2D eigenvalue weighted by molar-refractivity contribution is 5.59. The van der Waals surface area contributed by atoms with Gasteiger partial charge in [-0.3, -0.25) is 0 Å². The number of methoxy groups -OCH3 is 1. The zero-order valence-corrected chi connectivity index (χ0v) is 10.6. The molecule has 3 heteroatoms. The number of benzene rings is 1. The van der Waals surface area contributed by atoms with Gasteiger partial charge < -0.3 is 15.4 Å². The lowest BCUT2D eigenvalue weighted by molar-refractivity contribution is 0.410. The standard InChI is InChI=1S/C14H22N2O/c1-17-14-8-6-7-13(12(14)11-15)16-9-4-2-3-5-10-16/h6-8H,2-5,9-11,15H2,1H3. The Bertz CT molecular complexity index is 357. The van der Waals surface area contributed by atoms with E-state index < -0.39 is 0 Å². The fraction of sp³-hybridized carbons (Fsp3) is 0.571. The molecule has 94 valence electrons. The van der Waals surface area contributed by atoms with Crippen molar-refractivity contribution in [3.8, 4) is 5.75 Å². The number of anilines is 1. The maximum atomic E-state index is 5.87. The Kier molecular flexibility index (Phi) is 4.26. The molecule has 0 atom stereocenters. The van der Waals surface area contributed by atoms with Crippen molar-refractivity contribution in [3.63, 3.8) is 0 Å². The number of nitrogens with zero attached hydrogens (tertiary/aromatic N) is 1. The average Bonchev–Trinajstić information content (AvgIpc) is 2.66. The van der Waals surface area contributed by atoms with Gasteiger partial charge in [-0.15, -0.1) is 0 Å². The summed E-state index contributed by atoms with van der Waals surface area (Å²) in [5.41, 5.74) is 8.26. The van der Waals surface area contributed by atoms with Crippen LogP contribution in [0.1, 0.15) is 31.2 Å². The van der Waals surface area contributed by atoms with Gasteiger partial charge in [-0.2, -0.15) is 0 Å². The molecule has 0 saturated carbocycles. The van der Waals surface area contributed by atoms with Crippen molar-refractivity contribution in [2.24, 2.45) is 5.73 Å². The summed E-state index contributed by atoms with van der Waals surface area (Å²) < 4.78 is 5.39. The summed E-state index contributed by atoms with van der Waals surface area (Å²) >= 11 is 0. The fourth-order valence-corrected chi connectivity index (χ4v) is 2.56. The first-order valence-electron chi connectivity index (χ1n) is 6.47. The van der Waals surface area contributed by atoms with E-state index in [0.717, 1.165) is 24.4 Å². The summed E-state index contributed by atoms with van der Waals surface area (Å²) in [6.07, 6.45) is 5.25. The summed E-state index contributed by atoms with van der Waals surface area (Å²) in [4.78, 5) is 2.46. The smallest absolute Gasteiger partial charge is 0.125 e. The van der Waals surface area contributed by atoms with Crippen LogP contribution in [0.2, 0.25) is 0 Å². The van der Waals surface area contributed by atoms with Crippen LogP contribution in [0.3, 0.4) is 0 Å². The van der Waals surface area contributed by atoms with Gasteiger partial charge in [0, 0.05) is 30.9 Å². The van der Waals surface area contributed by atoms with E-state index in [4.69, 9.17) is 10.5 Å². The molecule has 1 aliphatic rings. The molecule has 3 nitrogen and oxygen atoms in total. The Labute approximate surface area is 104 Å². The maximum Gasteiger partial charge on any atom is 0.125 e. The molecule has 0 spiro atoms. The molecule has 0 bridgehead atoms. The van der Waals surface area contributed by atoms with E-state index >= 15 is 0 Å². The van der Waals surface area contributed by atoms with Gasteiger partial charge in [0.1, 0.15) is 5.75 Å². The lowest BCUT2D eigenvalue weighted by Crippen LogP contribution is -2.25. The highest BCUT2D eigenvalue weighted by Gasteiger charge is 2.15. The van der Waals surface area contributed by atoms with E-state index in [1.54, 1.807) is 7.11 Å². The lowest BCUT2D eigenvalue weighted by atomic mass is 10.1. The minimum absolute atomic E-state index is 0.538. The first-order chi connectivity index (χ1) is 8.36. The summed E-state index contributed by atoms with van der Waals surface area (Å²) in [5, 5.41) is 0. The predicted octanol–water partition coefficient (Wildman–Crippen LogP) is 2.53. The Morgan fingerprint density at radius 3 is 2.47 bits per heavy atom. The molecule has 0 unspecified atom stereocenters. The van der Waals surface area contributed by atoms with Gasteiger partial charge in [0.25, 0.3) is 0 Å². The number of ether oxygens (including phenoxy) is 1. The van der Waals surface area contributed by atoms with Crippen LogP contribution in [0.5, 0.6) is 5.75 Å². The summed E-state index contributed by atoms with van der Waals surface area (Å²) in [6.45, 7) is 2.82. The highest BCUT2D eigenvalue weighted by atomic mass is 16.5. The molecule has 0 amide bonds. The van der Waals surface area contributed by atoms with Crippen LogP contribution in [-0.2, 0) is 6.54 Å². The Balaban J connectivity index is 2.29. The van der Waals surface area contributed by atoms with Crippen molar-refractivity contribution in [2.45, 2.75) is 32.2 Å². The minimum atomic E-state index is 0.538. The molecule has 2 rings (SSSR count). The molecule has 17 heavy (non-hydrogen) atoms. The molecule has 0 aromatic heterocycles. The monoisotopic (exact) mass is 234 g/mol. The topological polar surface area (TPSA) is 38.5 Å². The molecule has 1 aliphatic heterocycles. The summed E-state index contributed by atoms with van der Waals surface area (Å²) in [5.74, 6) is 0.911. The molecule has 0 radical (unpaired) electrons. The number of hydrogen-bond acceptors (Lipinski definition) is 3. The number of rotatable bonds is 3. The number of nitrogens with two attached hydrogens (primary N) is 1. The van der Waals surface area contributed by atoms with Crippen LogP contribution in [0.25, 0.3) is 0 Å². The van der Waals surface area contributed by atoms with Crippen LogP contribution in [0.15, 0.2) is 18.2 Å². The van der Waals surface area contributed by atoms with Crippen LogP contribution in [-0.4, -0.2) is 20.2 Å². The minimum Gasteiger partial charge on any atom is -0.496 e. The molecule has 1 aromatic carbocycles. The first kappa shape index (κ1) is 12.2. The van der Waals surface area contributed by atoms with Gasteiger partial charge in [-0.05, 0) is 25.0 Å². The van der Waals surface area contributed by atoms with Crippen LogP contribution in [0, 0.1) is 0 Å². The molecule has 1 saturated heterocycles. The van der Waals surface area contributed by atoms with Crippen molar-refractivity contribution in [1.82, 2.24) is 0 Å². The lowest BCUT2D eigenvalue weighted by Gasteiger charge is -2.26. The van der Waals surface area contributed by atoms with E-state index in [9.17, 15) is 0 Å². The van der Waals surface area contributed by atoms with E-state index in [2.05, 4.69) is 17.0 Å². The van der Waals surface area contributed by atoms with Crippen molar-refractivity contribution in [1.29, 1.82) is 0 Å². The third kappa shape index (κ3) is 2.72. The quantitative estimate of drug-likeness (QED) is 0.873. The van der Waals surface area contributed by atoms with Crippen LogP contribution < -0.4 is 15.4 Å². The highest BCUT2D eigenvalue weighted by Crippen LogP contribution is 2.30. The first-order valence-corrected chi connectivity index (χ1v) is 6.47. The van der Waals surface area contributed by atoms with Crippen LogP contribution in [0.4, 0.5) is 5.69 Å². The molecule has 1 fully saturated rings. The number of hydrogen-bond donors (Lipinski definition) is 1. The third-order valence-corrected chi connectivity index (χ3v) is 3.48. The third-order valence-electron chi connectivity index (χ3n) is 3.48. The van der Waals surface area contributed by atoms with Gasteiger partial charge in [0.2, 0.25) is 0 Å². The molecular weight excluding hydrogens is 212 g/mol. The van der Waals surface area contributed by atoms with Crippen molar-refractivity contribution < 1.29 is 4.74 Å². The van der Waals surface area contributed by atoms with Crippen molar-refractivity contribution >= 4 is 5.69 Å². The molecule has 1 aromatic rings. The maximum absolute atomic E-state index is 5.87. The van der Waals surface area contributed by atoms with Gasteiger partial charge >= 0.3 is 0 Å². The average molecular weight is 234 g/mol. The molecular formula is C14H22N2O. The Hall–Kier alpha value is -1.22. The van der Waals surface area contributed by atoms with Gasteiger partial charge in [-0.25, -0.2) is 0 Å². The predicted molar refractivity (Wildman–Crippen MR) is 71.6 cm³/mol. The van der Waals surface area contributed by atoms with Gasteiger partial charge in [-0.1, -0.05) is 18.9 Å². The van der Waals surface area contributed by atoms with Crippen molar-refractivity contribution in [3.05, 3.63) is 23.8 Å². The van der Waals surface area contributed by atoms with Crippen molar-refractivity contribution in [2.75, 3.05) is 25.1 Å². The second kappa shape index (κ2) is 5.92. The second-order valence-corrected chi connectivity index (χ2v) is 4.56. The molecule has 0 aliphatic carbocycles. The van der Waals surface area contributed by atoms with Gasteiger partial charge in [0.15, 0.2) is 0 Å². The fourth-order valence-electron chi connectivity index (χ4n) is 2.56. The van der Waals surface area contributed by atoms with E-state index in [1.165, 1.54) is 31.4 Å². The Morgan fingerprint density at radius 1 is 1.18 bits per heavy atom. The zero-order chi connectivity index (χ0) is 12.1.